The molecular weight excluding hydrogens is 319 g/mol. The quantitative estimate of drug-likeness (QED) is 0.243. The summed E-state index contributed by atoms with van der Waals surface area (Å²) in [5.74, 6) is 0.151. The summed E-state index contributed by atoms with van der Waals surface area (Å²) in [6.07, 6.45) is 4.41. The van der Waals surface area contributed by atoms with Crippen LogP contribution in [0.5, 0.6) is 5.75 Å². The van der Waals surface area contributed by atoms with Gasteiger partial charge in [0.2, 0.25) is 0 Å². The van der Waals surface area contributed by atoms with Crippen LogP contribution in [0, 0.1) is 0 Å². The van der Waals surface area contributed by atoms with Crippen molar-refractivity contribution < 1.29 is 56.8 Å². The molecule has 1 rings (SSSR count). The van der Waals surface area contributed by atoms with Gasteiger partial charge in [-0.1, -0.05) is 32.6 Å². The number of rotatable bonds is 8. The molecular formula is C14H20NaO6S+. The molecule has 0 bridgehead atoms. The molecule has 8 heteroatoms. The zero-order valence-electron chi connectivity index (χ0n) is 12.9. The van der Waals surface area contributed by atoms with Gasteiger partial charge in [-0.2, -0.15) is 8.42 Å². The van der Waals surface area contributed by atoms with E-state index >= 15 is 0 Å². The molecule has 0 aliphatic rings. The fourth-order valence-corrected chi connectivity index (χ4v) is 2.15. The molecule has 0 aromatic heterocycles. The Bertz CT molecular complexity index is 541. The number of hydrogen-bond acceptors (Lipinski definition) is 5. The van der Waals surface area contributed by atoms with Crippen LogP contribution in [-0.4, -0.2) is 25.7 Å². The minimum Gasteiger partial charge on any atom is -0.434 e. The third-order valence-electron chi connectivity index (χ3n) is 2.79. The van der Waals surface area contributed by atoms with Crippen LogP contribution in [-0.2, 0) is 14.9 Å². The smallest absolute Gasteiger partial charge is 0.434 e. The SMILES string of the molecule is CCCCCCCOC(=O)Oc1ccc(S(=O)(=O)O)cc1.[Na+]. The van der Waals surface area contributed by atoms with Crippen molar-refractivity contribution in [3.8, 4) is 5.75 Å². The van der Waals surface area contributed by atoms with Gasteiger partial charge >= 0.3 is 35.7 Å². The van der Waals surface area contributed by atoms with Crippen LogP contribution in [0.4, 0.5) is 4.79 Å². The Kier molecular flexibility index (Phi) is 10.7. The third-order valence-corrected chi connectivity index (χ3v) is 3.66. The normalized spacial score (nSPS) is 10.6. The molecule has 118 valence electrons. The van der Waals surface area contributed by atoms with Gasteiger partial charge in [0, 0.05) is 0 Å². The standard InChI is InChI=1S/C14H20O6S.Na/c1-2-3-4-5-6-11-19-14(15)20-12-7-9-13(10-8-12)21(16,17)18;/h7-10H,2-6,11H2,1H3,(H,16,17,18);/q;+1. The van der Waals surface area contributed by atoms with Crippen molar-refractivity contribution >= 4 is 16.3 Å². The van der Waals surface area contributed by atoms with Gasteiger partial charge in [0.05, 0.1) is 11.5 Å². The summed E-state index contributed by atoms with van der Waals surface area (Å²) in [6.45, 7) is 2.42. The van der Waals surface area contributed by atoms with Crippen LogP contribution in [0.3, 0.4) is 0 Å². The predicted octanol–water partition coefficient (Wildman–Crippen LogP) is 0.423. The van der Waals surface area contributed by atoms with Gasteiger partial charge in [-0.05, 0) is 30.7 Å². The van der Waals surface area contributed by atoms with E-state index in [2.05, 4.69) is 6.92 Å². The minimum atomic E-state index is -4.25. The average Bonchev–Trinajstić information content (AvgIpc) is 2.42. The van der Waals surface area contributed by atoms with Crippen molar-refractivity contribution in [2.45, 2.75) is 43.9 Å². The van der Waals surface area contributed by atoms with E-state index < -0.39 is 16.3 Å². The summed E-state index contributed by atoms with van der Waals surface area (Å²) in [5.41, 5.74) is 0. The number of unbranched alkanes of at least 4 members (excludes halogenated alkanes) is 4. The number of ether oxygens (including phenoxy) is 2. The molecule has 0 heterocycles. The average molecular weight is 339 g/mol. The first-order chi connectivity index (χ1) is 9.93. The van der Waals surface area contributed by atoms with Gasteiger partial charge in [-0.3, -0.25) is 4.55 Å². The third kappa shape index (κ3) is 8.75. The summed E-state index contributed by atoms with van der Waals surface area (Å²) >= 11 is 0. The summed E-state index contributed by atoms with van der Waals surface area (Å²) in [6, 6.07) is 4.82. The molecule has 0 radical (unpaired) electrons. The van der Waals surface area contributed by atoms with Crippen molar-refractivity contribution in [1.29, 1.82) is 0 Å². The Hall–Kier alpha value is -0.600. The number of benzene rings is 1. The molecule has 1 aromatic rings. The van der Waals surface area contributed by atoms with Crippen molar-refractivity contribution in [2.24, 2.45) is 0 Å². The molecule has 6 nitrogen and oxygen atoms in total. The maximum absolute atomic E-state index is 11.4. The molecule has 0 saturated heterocycles. The van der Waals surface area contributed by atoms with Crippen LogP contribution in [0.1, 0.15) is 39.0 Å². The number of carbonyl (C=O) groups excluding carboxylic acids is 1. The van der Waals surface area contributed by atoms with Crippen molar-refractivity contribution in [3.05, 3.63) is 24.3 Å². The van der Waals surface area contributed by atoms with Crippen molar-refractivity contribution in [2.75, 3.05) is 6.61 Å². The second-order valence-corrected chi connectivity index (χ2v) is 5.98. The largest absolute Gasteiger partial charge is 1.00 e. The van der Waals surface area contributed by atoms with Crippen molar-refractivity contribution in [3.63, 3.8) is 0 Å². The second kappa shape index (κ2) is 11.0. The molecule has 0 unspecified atom stereocenters. The summed E-state index contributed by atoms with van der Waals surface area (Å²) < 4.78 is 40.3. The fraction of sp³-hybridized carbons (Fsp3) is 0.500. The molecule has 0 aliphatic carbocycles. The summed E-state index contributed by atoms with van der Waals surface area (Å²) in [5, 5.41) is 0. The van der Waals surface area contributed by atoms with E-state index in [0.29, 0.717) is 6.61 Å². The Morgan fingerprint density at radius 2 is 1.68 bits per heavy atom. The zero-order valence-corrected chi connectivity index (χ0v) is 15.8. The second-order valence-electron chi connectivity index (χ2n) is 4.56. The molecule has 0 amide bonds. The minimum absolute atomic E-state index is 0. The van der Waals surface area contributed by atoms with Crippen molar-refractivity contribution in [1.82, 2.24) is 0 Å². The summed E-state index contributed by atoms with van der Waals surface area (Å²) in [4.78, 5) is 11.1. The van der Waals surface area contributed by atoms with E-state index in [1.54, 1.807) is 0 Å². The molecule has 1 aromatic carbocycles. The molecule has 1 N–H and O–H groups in total. The first-order valence-corrected chi connectivity index (χ1v) is 8.29. The van der Waals surface area contributed by atoms with Gasteiger partial charge in [0.15, 0.2) is 0 Å². The van der Waals surface area contributed by atoms with E-state index in [4.69, 9.17) is 14.0 Å². The summed E-state index contributed by atoms with van der Waals surface area (Å²) in [7, 11) is -4.25. The monoisotopic (exact) mass is 339 g/mol. The predicted molar refractivity (Wildman–Crippen MR) is 77.0 cm³/mol. The number of carbonyl (C=O) groups is 1. The van der Waals surface area contributed by atoms with E-state index in [-0.39, 0.29) is 40.2 Å². The van der Waals surface area contributed by atoms with E-state index in [1.807, 2.05) is 0 Å². The molecule has 0 fully saturated rings. The maximum Gasteiger partial charge on any atom is 1.00 e. The molecule has 22 heavy (non-hydrogen) atoms. The molecule has 0 spiro atoms. The first kappa shape index (κ1) is 21.4. The van der Waals surface area contributed by atoms with Crippen LogP contribution in [0.15, 0.2) is 29.2 Å². The van der Waals surface area contributed by atoms with E-state index in [9.17, 15) is 13.2 Å². The van der Waals surface area contributed by atoms with Crippen LogP contribution in [0.25, 0.3) is 0 Å². The van der Waals surface area contributed by atoms with Gasteiger partial charge in [-0.25, -0.2) is 4.79 Å². The molecule has 0 saturated carbocycles. The van der Waals surface area contributed by atoms with Gasteiger partial charge in [0.1, 0.15) is 5.75 Å². The maximum atomic E-state index is 11.4. The van der Waals surface area contributed by atoms with E-state index in [0.717, 1.165) is 37.8 Å². The topological polar surface area (TPSA) is 89.9 Å². The van der Waals surface area contributed by atoms with Crippen LogP contribution >= 0.6 is 0 Å². The molecule has 0 atom stereocenters. The Balaban J connectivity index is 0.00000441. The first-order valence-electron chi connectivity index (χ1n) is 6.85. The van der Waals surface area contributed by atoms with Gasteiger partial charge in [-0.15, -0.1) is 0 Å². The number of hydrogen-bond donors (Lipinski definition) is 1. The van der Waals surface area contributed by atoms with Gasteiger partial charge in [0.25, 0.3) is 10.1 Å². The fourth-order valence-electron chi connectivity index (χ4n) is 1.67. The zero-order chi connectivity index (χ0) is 15.7. The van der Waals surface area contributed by atoms with E-state index in [1.165, 1.54) is 18.6 Å². The molecule has 0 aliphatic heterocycles. The Morgan fingerprint density at radius 3 is 2.23 bits per heavy atom. The van der Waals surface area contributed by atoms with Crippen LogP contribution in [0.2, 0.25) is 0 Å². The van der Waals surface area contributed by atoms with Gasteiger partial charge < -0.3 is 9.47 Å². The Labute approximate surface area is 153 Å². The van der Waals surface area contributed by atoms with Crippen LogP contribution < -0.4 is 34.3 Å². The Morgan fingerprint density at radius 1 is 1.09 bits per heavy atom.